The molecular weight excluding hydrogens is 258 g/mol. The van der Waals surface area contributed by atoms with Crippen LogP contribution in [-0.2, 0) is 16.1 Å². The lowest BCUT2D eigenvalue weighted by Gasteiger charge is -2.48. The Hall–Kier alpha value is -1.78. The summed E-state index contributed by atoms with van der Waals surface area (Å²) >= 11 is 0. The minimum absolute atomic E-state index is 0.101. The summed E-state index contributed by atoms with van der Waals surface area (Å²) in [5.74, 6) is -1.36. The zero-order valence-corrected chi connectivity index (χ0v) is 11.2. The number of carboxylic acids is 1. The number of carboxylic acid groups (broad SMARTS) is 1. The number of rotatable bonds is 4. The molecule has 5 nitrogen and oxygen atoms in total. The minimum atomic E-state index is -1.07. The number of carbonyl (C=O) groups excluding carboxylic acids is 2. The molecule has 2 atom stereocenters. The maximum Gasteiger partial charge on any atom is 0.224 e. The van der Waals surface area contributed by atoms with Gasteiger partial charge in [0.15, 0.2) is 0 Å². The number of amides is 1. The van der Waals surface area contributed by atoms with E-state index in [0.29, 0.717) is 12.3 Å². The van der Waals surface area contributed by atoms with Gasteiger partial charge in [0.1, 0.15) is 5.76 Å². The second kappa shape index (κ2) is 5.31. The topological polar surface area (TPSA) is 82.4 Å². The van der Waals surface area contributed by atoms with E-state index in [4.69, 9.17) is 4.42 Å². The van der Waals surface area contributed by atoms with E-state index in [1.165, 1.54) is 0 Å². The average molecular weight is 276 g/mol. The molecule has 3 saturated carbocycles. The molecule has 3 aliphatic rings. The van der Waals surface area contributed by atoms with Gasteiger partial charge in [-0.2, -0.15) is 0 Å². The standard InChI is InChI=1S/C15H19NO4/c17-14(16-8-11-2-1-7-20-11)12-9-3-5-10(6-4-9)13(12)15(18)19/h1-2,7,9-10,12-13H,3-6,8H2,(H,16,17)(H,18,19)/p-1/t9?,10?,12-,13-/m1/s1. The van der Waals surface area contributed by atoms with E-state index in [0.717, 1.165) is 25.7 Å². The average Bonchev–Trinajstić information content (AvgIpc) is 2.98. The largest absolute Gasteiger partial charge is 0.550 e. The van der Waals surface area contributed by atoms with Crippen molar-refractivity contribution >= 4 is 11.9 Å². The third-order valence-corrected chi connectivity index (χ3v) is 4.81. The van der Waals surface area contributed by atoms with Crippen LogP contribution in [-0.4, -0.2) is 11.9 Å². The lowest BCUT2D eigenvalue weighted by molar-refractivity contribution is -0.318. The zero-order valence-electron chi connectivity index (χ0n) is 11.2. The predicted octanol–water partition coefficient (Wildman–Crippen LogP) is 0.698. The van der Waals surface area contributed by atoms with Crippen LogP contribution in [0.25, 0.3) is 0 Å². The lowest BCUT2D eigenvalue weighted by Crippen LogP contribution is -2.54. The Morgan fingerprint density at radius 3 is 2.40 bits per heavy atom. The summed E-state index contributed by atoms with van der Waals surface area (Å²) in [4.78, 5) is 23.7. The SMILES string of the molecule is O=C([O-])[C@@H]1C2CCC(CC2)[C@H]1C(=O)NCc1ccco1. The number of carbonyl (C=O) groups is 2. The van der Waals surface area contributed by atoms with E-state index in [9.17, 15) is 14.7 Å². The van der Waals surface area contributed by atoms with E-state index in [1.54, 1.807) is 18.4 Å². The first-order valence-electron chi connectivity index (χ1n) is 7.17. The van der Waals surface area contributed by atoms with Crippen LogP contribution in [0.4, 0.5) is 0 Å². The molecule has 1 amide bonds. The van der Waals surface area contributed by atoms with Crippen LogP contribution in [0.5, 0.6) is 0 Å². The lowest BCUT2D eigenvalue weighted by atomic mass is 9.58. The fraction of sp³-hybridized carbons (Fsp3) is 0.600. The number of hydrogen-bond acceptors (Lipinski definition) is 4. The smallest absolute Gasteiger partial charge is 0.224 e. The van der Waals surface area contributed by atoms with Gasteiger partial charge in [-0.1, -0.05) is 0 Å². The van der Waals surface area contributed by atoms with Crippen LogP contribution in [0.1, 0.15) is 31.4 Å². The van der Waals surface area contributed by atoms with Crippen LogP contribution in [0.2, 0.25) is 0 Å². The highest BCUT2D eigenvalue weighted by Gasteiger charge is 2.47. The molecule has 3 fully saturated rings. The van der Waals surface area contributed by atoms with Gasteiger partial charge >= 0.3 is 0 Å². The van der Waals surface area contributed by atoms with Gasteiger partial charge in [0.05, 0.1) is 12.8 Å². The second-order valence-electron chi connectivity index (χ2n) is 5.84. The molecule has 0 saturated heterocycles. The summed E-state index contributed by atoms with van der Waals surface area (Å²) < 4.78 is 5.16. The van der Waals surface area contributed by atoms with Gasteiger partial charge < -0.3 is 19.6 Å². The Kier molecular flexibility index (Phi) is 3.51. The van der Waals surface area contributed by atoms with Crippen molar-refractivity contribution in [1.82, 2.24) is 5.32 Å². The molecule has 0 spiro atoms. The van der Waals surface area contributed by atoms with E-state index in [1.807, 2.05) is 0 Å². The fourth-order valence-corrected chi connectivity index (χ4v) is 3.87. The molecule has 4 rings (SSSR count). The Balaban J connectivity index is 1.70. The second-order valence-corrected chi connectivity index (χ2v) is 5.84. The maximum atomic E-state index is 12.4. The minimum Gasteiger partial charge on any atom is -0.550 e. The molecule has 20 heavy (non-hydrogen) atoms. The Morgan fingerprint density at radius 1 is 1.20 bits per heavy atom. The van der Waals surface area contributed by atoms with Gasteiger partial charge in [0, 0.05) is 17.8 Å². The molecule has 108 valence electrons. The maximum absolute atomic E-state index is 12.4. The van der Waals surface area contributed by atoms with Crippen molar-refractivity contribution in [1.29, 1.82) is 0 Å². The van der Waals surface area contributed by atoms with Crippen LogP contribution < -0.4 is 10.4 Å². The fourth-order valence-electron chi connectivity index (χ4n) is 3.87. The number of fused-ring (bicyclic) bond motifs is 3. The highest BCUT2D eigenvalue weighted by atomic mass is 16.4. The number of furan rings is 1. The highest BCUT2D eigenvalue weighted by Crippen LogP contribution is 2.48. The first kappa shape index (κ1) is 13.2. The molecule has 3 aliphatic carbocycles. The molecule has 0 aromatic carbocycles. The van der Waals surface area contributed by atoms with Gasteiger partial charge in [-0.3, -0.25) is 4.79 Å². The van der Waals surface area contributed by atoms with Crippen molar-refractivity contribution in [2.45, 2.75) is 32.2 Å². The first-order chi connectivity index (χ1) is 9.66. The summed E-state index contributed by atoms with van der Waals surface area (Å²) in [5, 5.41) is 14.2. The van der Waals surface area contributed by atoms with Crippen LogP contribution in [0, 0.1) is 23.7 Å². The van der Waals surface area contributed by atoms with Crippen molar-refractivity contribution in [3.8, 4) is 0 Å². The zero-order chi connectivity index (χ0) is 14.1. The predicted molar refractivity (Wildman–Crippen MR) is 68.0 cm³/mol. The normalized spacial score (nSPS) is 32.0. The van der Waals surface area contributed by atoms with Gasteiger partial charge in [0.25, 0.3) is 0 Å². The van der Waals surface area contributed by atoms with Crippen LogP contribution in [0.3, 0.4) is 0 Å². The van der Waals surface area contributed by atoms with Crippen molar-refractivity contribution < 1.29 is 19.1 Å². The van der Waals surface area contributed by atoms with Crippen LogP contribution >= 0.6 is 0 Å². The van der Waals surface area contributed by atoms with Gasteiger partial charge in [-0.25, -0.2) is 0 Å². The Morgan fingerprint density at radius 2 is 1.85 bits per heavy atom. The quantitative estimate of drug-likeness (QED) is 0.877. The van der Waals surface area contributed by atoms with Crippen molar-refractivity contribution in [3.05, 3.63) is 24.2 Å². The van der Waals surface area contributed by atoms with Crippen molar-refractivity contribution in [3.63, 3.8) is 0 Å². The molecule has 0 radical (unpaired) electrons. The first-order valence-corrected chi connectivity index (χ1v) is 7.17. The third kappa shape index (κ3) is 2.32. The molecule has 1 N–H and O–H groups in total. The number of nitrogens with one attached hydrogen (secondary N) is 1. The summed E-state index contributed by atoms with van der Waals surface area (Å²) in [6, 6.07) is 3.54. The van der Waals surface area contributed by atoms with Gasteiger partial charge in [0.2, 0.25) is 5.91 Å². The van der Waals surface area contributed by atoms with E-state index in [-0.39, 0.29) is 17.7 Å². The van der Waals surface area contributed by atoms with E-state index >= 15 is 0 Å². The summed E-state index contributed by atoms with van der Waals surface area (Å²) in [7, 11) is 0. The Labute approximate surface area is 117 Å². The highest BCUT2D eigenvalue weighted by molar-refractivity contribution is 5.85. The molecule has 1 aromatic rings. The van der Waals surface area contributed by atoms with E-state index in [2.05, 4.69) is 5.32 Å². The third-order valence-electron chi connectivity index (χ3n) is 4.81. The van der Waals surface area contributed by atoms with Crippen LogP contribution in [0.15, 0.2) is 22.8 Å². The summed E-state index contributed by atoms with van der Waals surface area (Å²) in [6.07, 6.45) is 5.27. The van der Waals surface area contributed by atoms with Gasteiger partial charge in [-0.05, 0) is 49.7 Å². The van der Waals surface area contributed by atoms with Crippen molar-refractivity contribution in [2.24, 2.45) is 23.7 Å². The molecule has 5 heteroatoms. The molecule has 1 heterocycles. The molecular formula is C15H18NO4-. The molecule has 2 bridgehead atoms. The molecule has 0 unspecified atom stereocenters. The van der Waals surface area contributed by atoms with Crippen molar-refractivity contribution in [2.75, 3.05) is 0 Å². The summed E-state index contributed by atoms with van der Waals surface area (Å²) in [6.45, 7) is 0.305. The summed E-state index contributed by atoms with van der Waals surface area (Å²) in [5.41, 5.74) is 0. The molecule has 0 aliphatic heterocycles. The van der Waals surface area contributed by atoms with E-state index < -0.39 is 17.8 Å². The Bertz CT molecular complexity index is 488. The molecule has 1 aromatic heterocycles. The number of hydrogen-bond donors (Lipinski definition) is 1. The number of aliphatic carboxylic acids is 1. The van der Waals surface area contributed by atoms with Gasteiger partial charge in [-0.15, -0.1) is 0 Å². The monoisotopic (exact) mass is 276 g/mol.